The fraction of sp³-hybridized carbons (Fsp3) is 0.667. The summed E-state index contributed by atoms with van der Waals surface area (Å²) in [6.07, 6.45) is -3.58. The third-order valence-corrected chi connectivity index (χ3v) is 8.69. The van der Waals surface area contributed by atoms with Crippen LogP contribution >= 0.6 is 0 Å². The molecule has 0 amide bonds. The van der Waals surface area contributed by atoms with Gasteiger partial charge < -0.3 is 38.6 Å². The molecule has 1 saturated heterocycles. The first-order valence-electron chi connectivity index (χ1n) is 14.1. The number of ether oxygens (including phenoxy) is 6. The molecule has 0 aromatic rings. The van der Waals surface area contributed by atoms with Crippen LogP contribution in [0.3, 0.4) is 0 Å². The van der Waals surface area contributed by atoms with Gasteiger partial charge in [-0.15, -0.1) is 0 Å². The minimum absolute atomic E-state index is 0.204. The molecule has 1 aliphatic heterocycles. The zero-order valence-electron chi connectivity index (χ0n) is 26.0. The van der Waals surface area contributed by atoms with E-state index in [2.05, 4.69) is 0 Å². The predicted molar refractivity (Wildman–Crippen MR) is 147 cm³/mol. The van der Waals surface area contributed by atoms with E-state index in [1.165, 1.54) is 45.9 Å². The van der Waals surface area contributed by atoms with Crippen molar-refractivity contribution in [1.29, 1.82) is 0 Å². The third kappa shape index (κ3) is 6.50. The van der Waals surface area contributed by atoms with Crippen LogP contribution in [0.4, 0.5) is 0 Å². The van der Waals surface area contributed by atoms with Crippen molar-refractivity contribution in [2.75, 3.05) is 6.61 Å². The molecule has 0 bridgehead atoms. The van der Waals surface area contributed by atoms with Gasteiger partial charge in [0, 0.05) is 47.0 Å². The first-order valence-corrected chi connectivity index (χ1v) is 14.1. The summed E-state index contributed by atoms with van der Waals surface area (Å²) >= 11 is 0. The van der Waals surface area contributed by atoms with Crippen LogP contribution in [-0.2, 0) is 57.2 Å². The molecule has 0 spiro atoms. The average Bonchev–Trinajstić information content (AvgIpc) is 3.09. The number of fused-ring (bicyclic) bond motifs is 2. The normalized spacial score (nSPS) is 40.0. The van der Waals surface area contributed by atoms with Gasteiger partial charge in [0.2, 0.25) is 0 Å². The van der Waals surface area contributed by atoms with Crippen molar-refractivity contribution in [2.45, 2.75) is 104 Å². The summed E-state index contributed by atoms with van der Waals surface area (Å²) in [5.41, 5.74) is -6.14. The van der Waals surface area contributed by atoms with Gasteiger partial charge in [0.15, 0.2) is 11.7 Å². The second-order valence-electron chi connectivity index (χ2n) is 11.9. The lowest BCUT2D eigenvalue weighted by molar-refractivity contribution is -0.286. The second-order valence-corrected chi connectivity index (χ2v) is 11.9. The Balaban J connectivity index is 2.49. The van der Waals surface area contributed by atoms with Gasteiger partial charge >= 0.3 is 35.8 Å². The molecule has 0 unspecified atom stereocenters. The van der Waals surface area contributed by atoms with Gasteiger partial charge in [-0.1, -0.05) is 13.0 Å². The molecule has 244 valence electrons. The van der Waals surface area contributed by atoms with E-state index in [1.54, 1.807) is 0 Å². The largest absolute Gasteiger partial charge is 0.462 e. The fourth-order valence-electron chi connectivity index (χ4n) is 6.69. The van der Waals surface area contributed by atoms with E-state index in [-0.39, 0.29) is 18.6 Å². The Hall–Kier alpha value is -3.78. The maximum atomic E-state index is 13.1. The van der Waals surface area contributed by atoms with Crippen molar-refractivity contribution in [3.05, 3.63) is 23.8 Å². The second kappa shape index (κ2) is 12.7. The number of carbonyl (C=O) groups excluding carboxylic acids is 6. The molecule has 1 saturated carbocycles. The summed E-state index contributed by atoms with van der Waals surface area (Å²) in [5.74, 6) is -7.72. The smallest absolute Gasteiger partial charge is 0.312 e. The summed E-state index contributed by atoms with van der Waals surface area (Å²) in [7, 11) is 0. The van der Waals surface area contributed by atoms with Gasteiger partial charge in [0.1, 0.15) is 36.6 Å². The number of hydrogen-bond donors (Lipinski definition) is 2. The minimum atomic E-state index is -2.41. The molecule has 44 heavy (non-hydrogen) atoms. The molecule has 3 aliphatic rings. The number of aliphatic hydroxyl groups is 2. The van der Waals surface area contributed by atoms with Crippen LogP contribution in [0.1, 0.15) is 61.8 Å². The molecular formula is C30H40O14. The predicted octanol–water partition coefficient (Wildman–Crippen LogP) is 0.842. The van der Waals surface area contributed by atoms with Gasteiger partial charge in [0.05, 0.1) is 11.3 Å². The monoisotopic (exact) mass is 624 g/mol. The molecule has 14 heteroatoms. The Bertz CT molecular complexity index is 1270. The van der Waals surface area contributed by atoms with Crippen molar-refractivity contribution in [3.8, 4) is 0 Å². The van der Waals surface area contributed by atoms with Gasteiger partial charge in [-0.3, -0.25) is 28.8 Å². The van der Waals surface area contributed by atoms with Crippen LogP contribution in [0.25, 0.3) is 0 Å². The molecule has 2 N–H and O–H groups in total. The Morgan fingerprint density at radius 3 is 1.93 bits per heavy atom. The van der Waals surface area contributed by atoms with E-state index in [0.717, 1.165) is 27.7 Å². The summed E-state index contributed by atoms with van der Waals surface area (Å²) in [6, 6.07) is 0. The van der Waals surface area contributed by atoms with Gasteiger partial charge in [-0.05, 0) is 31.6 Å². The van der Waals surface area contributed by atoms with E-state index in [1.807, 2.05) is 0 Å². The Morgan fingerprint density at radius 1 is 0.864 bits per heavy atom. The van der Waals surface area contributed by atoms with Crippen LogP contribution in [0.5, 0.6) is 0 Å². The summed E-state index contributed by atoms with van der Waals surface area (Å²) in [6.45, 7) is 9.35. The van der Waals surface area contributed by atoms with Gasteiger partial charge in [0.25, 0.3) is 0 Å². The zero-order valence-corrected chi connectivity index (χ0v) is 26.0. The molecule has 3 rings (SSSR count). The van der Waals surface area contributed by atoms with Crippen LogP contribution in [0.15, 0.2) is 23.8 Å². The van der Waals surface area contributed by atoms with Crippen LogP contribution in [0.2, 0.25) is 0 Å². The molecule has 14 nitrogen and oxygen atoms in total. The highest BCUT2D eigenvalue weighted by atomic mass is 16.6. The highest BCUT2D eigenvalue weighted by Gasteiger charge is 2.72. The highest BCUT2D eigenvalue weighted by molar-refractivity contribution is 5.78. The Morgan fingerprint density at radius 2 is 1.41 bits per heavy atom. The standard InChI is InChI=1S/C30H40O14/c1-14-27(36)44-24-11-20(13-39-15(2)31)9-10-21(40-16(3)32)28(7)22(41-17(4)33)12-23(42-18(5)34)29(8,37)25(28)26(30(14,24)38)43-19(6)35/h9-11,14,21-26,37-38H,12-13H2,1-8H3/b10-9-,20-11+/t14-,21+,22-,23+,24-,25+,26+,28-,29+,30-/m0/s1. The first-order chi connectivity index (χ1) is 20.3. The van der Waals surface area contributed by atoms with Crippen molar-refractivity contribution < 1.29 is 67.4 Å². The number of carbonyl (C=O) groups is 6. The maximum absolute atomic E-state index is 13.1. The first kappa shape index (κ1) is 34.7. The third-order valence-electron chi connectivity index (χ3n) is 8.69. The summed E-state index contributed by atoms with van der Waals surface area (Å²) < 4.78 is 33.4. The molecule has 2 aliphatic carbocycles. The van der Waals surface area contributed by atoms with Crippen molar-refractivity contribution in [3.63, 3.8) is 0 Å². The summed E-state index contributed by atoms with van der Waals surface area (Å²) in [5, 5.41) is 24.8. The van der Waals surface area contributed by atoms with Crippen LogP contribution in [0, 0.1) is 17.3 Å². The number of hydrogen-bond acceptors (Lipinski definition) is 14. The molecule has 1 heterocycles. The number of rotatable bonds is 6. The zero-order chi connectivity index (χ0) is 33.4. The molecule has 10 atom stereocenters. The molecule has 0 aromatic carbocycles. The van der Waals surface area contributed by atoms with Crippen molar-refractivity contribution >= 4 is 35.8 Å². The van der Waals surface area contributed by atoms with Crippen LogP contribution < -0.4 is 0 Å². The number of esters is 6. The van der Waals surface area contributed by atoms with Gasteiger partial charge in [-0.25, -0.2) is 0 Å². The molecule has 0 aromatic heterocycles. The van der Waals surface area contributed by atoms with E-state index in [4.69, 9.17) is 28.4 Å². The van der Waals surface area contributed by atoms with E-state index in [9.17, 15) is 39.0 Å². The van der Waals surface area contributed by atoms with Gasteiger partial charge in [-0.2, -0.15) is 0 Å². The topological polar surface area (TPSA) is 198 Å². The lowest BCUT2D eigenvalue weighted by Crippen LogP contribution is -2.74. The van der Waals surface area contributed by atoms with E-state index < -0.39 is 94.8 Å². The minimum Gasteiger partial charge on any atom is -0.462 e. The summed E-state index contributed by atoms with van der Waals surface area (Å²) in [4.78, 5) is 74.5. The Labute approximate surface area is 254 Å². The van der Waals surface area contributed by atoms with Crippen molar-refractivity contribution in [1.82, 2.24) is 0 Å². The Kier molecular flexibility index (Phi) is 10.0. The molecule has 2 fully saturated rings. The fourth-order valence-corrected chi connectivity index (χ4v) is 6.69. The van der Waals surface area contributed by atoms with Crippen molar-refractivity contribution in [2.24, 2.45) is 17.3 Å². The molecular weight excluding hydrogens is 584 g/mol. The van der Waals surface area contributed by atoms with Crippen LogP contribution in [-0.4, -0.2) is 94.4 Å². The molecule has 0 radical (unpaired) electrons. The van der Waals surface area contributed by atoms with E-state index >= 15 is 0 Å². The SMILES string of the molecule is CC(=O)OCC1=C/[C@@H]2OC(=O)[C@H](C)[C@@]2(O)[C@H](OC(C)=O)[C@H]2[C@](C)(O)[C@H](OC(C)=O)C[C@H](OC(C)=O)[C@]2(C)[C@H](OC(C)=O)/C=C\1. The quantitative estimate of drug-likeness (QED) is 0.311. The average molecular weight is 625 g/mol. The lowest BCUT2D eigenvalue weighted by atomic mass is 9.51. The highest BCUT2D eigenvalue weighted by Crippen LogP contribution is 2.57. The lowest BCUT2D eigenvalue weighted by Gasteiger charge is -2.60. The maximum Gasteiger partial charge on any atom is 0.312 e. The van der Waals surface area contributed by atoms with E-state index in [0.29, 0.717) is 0 Å².